The summed E-state index contributed by atoms with van der Waals surface area (Å²) in [5.41, 5.74) is 1.09. The molecular weight excluding hydrogens is 490 g/mol. The van der Waals surface area contributed by atoms with E-state index in [0.717, 1.165) is 4.47 Å². The van der Waals surface area contributed by atoms with E-state index in [0.29, 0.717) is 16.1 Å². The first kappa shape index (κ1) is 21.9. The Morgan fingerprint density at radius 1 is 1.00 bits per heavy atom. The molecule has 2 amide bonds. The maximum atomic E-state index is 12.8. The van der Waals surface area contributed by atoms with Gasteiger partial charge in [0.25, 0.3) is 11.8 Å². The number of primary sulfonamides is 1. The lowest BCUT2D eigenvalue weighted by molar-refractivity contribution is -0.113. The van der Waals surface area contributed by atoms with Crippen molar-refractivity contribution in [3.05, 3.63) is 86.7 Å². The van der Waals surface area contributed by atoms with Gasteiger partial charge >= 0.3 is 0 Å². The highest BCUT2D eigenvalue weighted by Gasteiger charge is 2.16. The van der Waals surface area contributed by atoms with Crippen molar-refractivity contribution in [3.63, 3.8) is 0 Å². The van der Waals surface area contributed by atoms with E-state index in [-0.39, 0.29) is 10.6 Å². The van der Waals surface area contributed by atoms with Crippen LogP contribution in [0.25, 0.3) is 6.08 Å². The number of amides is 2. The van der Waals surface area contributed by atoms with Gasteiger partial charge in [-0.3, -0.25) is 9.59 Å². The van der Waals surface area contributed by atoms with Crippen LogP contribution in [-0.2, 0) is 14.8 Å². The molecule has 154 valence electrons. The quantitative estimate of drug-likeness (QED) is 0.443. The Kier molecular flexibility index (Phi) is 6.83. The number of hydrogen-bond acceptors (Lipinski definition) is 5. The standard InChI is InChI=1S/C20H16BrN3O4S2/c21-14-5-3-13(4-6-14)12-17(24-20(26)18-2-1-11-29-18)19(25)23-15-7-9-16(10-8-15)30(22,27)28/h1-12H,(H,23,25)(H,24,26)(H2,22,27,28)/b17-12-. The van der Waals surface area contributed by atoms with Crippen LogP contribution >= 0.6 is 27.3 Å². The van der Waals surface area contributed by atoms with Crippen LogP contribution in [0.3, 0.4) is 0 Å². The third-order valence-electron chi connectivity index (χ3n) is 3.86. The topological polar surface area (TPSA) is 118 Å². The Morgan fingerprint density at radius 3 is 2.23 bits per heavy atom. The summed E-state index contributed by atoms with van der Waals surface area (Å²) < 4.78 is 23.6. The van der Waals surface area contributed by atoms with Crippen LogP contribution < -0.4 is 15.8 Å². The molecule has 30 heavy (non-hydrogen) atoms. The van der Waals surface area contributed by atoms with Gasteiger partial charge in [-0.05, 0) is 59.5 Å². The molecular formula is C20H16BrN3O4S2. The molecule has 0 fully saturated rings. The monoisotopic (exact) mass is 505 g/mol. The van der Waals surface area contributed by atoms with Crippen molar-refractivity contribution in [2.24, 2.45) is 5.14 Å². The number of carbonyl (C=O) groups is 2. The molecule has 0 aliphatic carbocycles. The van der Waals surface area contributed by atoms with Crippen LogP contribution in [-0.4, -0.2) is 20.2 Å². The van der Waals surface area contributed by atoms with Crippen LogP contribution in [0.4, 0.5) is 5.69 Å². The summed E-state index contributed by atoms with van der Waals surface area (Å²) in [5.74, 6) is -0.973. The molecule has 1 aromatic heterocycles. The number of thiophene rings is 1. The molecule has 0 aliphatic rings. The predicted molar refractivity (Wildman–Crippen MR) is 120 cm³/mol. The molecule has 7 nitrogen and oxygen atoms in total. The van der Waals surface area contributed by atoms with Crippen molar-refractivity contribution < 1.29 is 18.0 Å². The number of carbonyl (C=O) groups excluding carboxylic acids is 2. The van der Waals surface area contributed by atoms with Gasteiger partial charge in [0.15, 0.2) is 0 Å². The number of nitrogens with two attached hydrogens (primary N) is 1. The Labute approximate surface area is 185 Å². The summed E-state index contributed by atoms with van der Waals surface area (Å²) in [6.07, 6.45) is 1.55. The second kappa shape index (κ2) is 9.35. The van der Waals surface area contributed by atoms with Gasteiger partial charge < -0.3 is 10.6 Å². The summed E-state index contributed by atoms with van der Waals surface area (Å²) in [4.78, 5) is 25.7. The minimum absolute atomic E-state index is 0.0336. The second-order valence-electron chi connectivity index (χ2n) is 6.06. The fraction of sp³-hybridized carbons (Fsp3) is 0. The molecule has 0 unspecified atom stereocenters. The van der Waals surface area contributed by atoms with E-state index < -0.39 is 21.8 Å². The minimum atomic E-state index is -3.83. The van der Waals surface area contributed by atoms with Gasteiger partial charge in [0.1, 0.15) is 5.70 Å². The predicted octanol–water partition coefficient (Wildman–Crippen LogP) is 3.57. The van der Waals surface area contributed by atoms with Crippen molar-refractivity contribution in [2.45, 2.75) is 4.90 Å². The van der Waals surface area contributed by atoms with E-state index in [1.807, 2.05) is 12.1 Å². The molecule has 0 atom stereocenters. The molecule has 0 saturated heterocycles. The lowest BCUT2D eigenvalue weighted by Gasteiger charge is -2.11. The number of halogens is 1. The molecule has 0 bridgehead atoms. The van der Waals surface area contributed by atoms with Crippen molar-refractivity contribution in [2.75, 3.05) is 5.32 Å². The number of anilines is 1. The molecule has 0 radical (unpaired) electrons. The second-order valence-corrected chi connectivity index (χ2v) is 9.49. The van der Waals surface area contributed by atoms with Gasteiger partial charge in [-0.25, -0.2) is 13.6 Å². The molecule has 4 N–H and O–H groups in total. The van der Waals surface area contributed by atoms with Crippen LogP contribution in [0, 0.1) is 0 Å². The Hall–Kier alpha value is -2.79. The molecule has 3 aromatic rings. The first-order chi connectivity index (χ1) is 14.2. The van der Waals surface area contributed by atoms with Gasteiger partial charge in [0, 0.05) is 10.2 Å². The van der Waals surface area contributed by atoms with Crippen LogP contribution in [0.15, 0.2) is 81.1 Å². The fourth-order valence-electron chi connectivity index (χ4n) is 2.40. The normalized spacial score (nSPS) is 11.7. The van der Waals surface area contributed by atoms with E-state index >= 15 is 0 Å². The van der Waals surface area contributed by atoms with Crippen LogP contribution in [0.1, 0.15) is 15.2 Å². The van der Waals surface area contributed by atoms with Crippen molar-refractivity contribution in [3.8, 4) is 0 Å². The van der Waals surface area contributed by atoms with E-state index in [1.165, 1.54) is 35.6 Å². The summed E-state index contributed by atoms with van der Waals surface area (Å²) >= 11 is 4.61. The zero-order chi connectivity index (χ0) is 21.7. The Morgan fingerprint density at radius 2 is 1.67 bits per heavy atom. The third-order valence-corrected chi connectivity index (χ3v) is 6.19. The minimum Gasteiger partial charge on any atom is -0.321 e. The smallest absolute Gasteiger partial charge is 0.272 e. The van der Waals surface area contributed by atoms with Gasteiger partial charge in [-0.1, -0.05) is 34.1 Å². The molecule has 3 rings (SSSR count). The van der Waals surface area contributed by atoms with Gasteiger partial charge in [0.2, 0.25) is 10.0 Å². The Bertz CT molecular complexity index is 1190. The molecule has 0 aliphatic heterocycles. The number of nitrogens with one attached hydrogen (secondary N) is 2. The SMILES string of the molecule is NS(=O)(=O)c1ccc(NC(=O)/C(=C/c2ccc(Br)cc2)NC(=O)c2cccs2)cc1. The zero-order valence-corrected chi connectivity index (χ0v) is 18.6. The highest BCUT2D eigenvalue weighted by Crippen LogP contribution is 2.17. The van der Waals surface area contributed by atoms with Crippen LogP contribution in [0.5, 0.6) is 0 Å². The van der Waals surface area contributed by atoms with Crippen molar-refractivity contribution in [1.29, 1.82) is 0 Å². The maximum absolute atomic E-state index is 12.8. The van der Waals surface area contributed by atoms with Gasteiger partial charge in [0.05, 0.1) is 9.77 Å². The van der Waals surface area contributed by atoms with Crippen molar-refractivity contribution in [1.82, 2.24) is 5.32 Å². The van der Waals surface area contributed by atoms with E-state index in [1.54, 1.807) is 35.7 Å². The summed E-state index contributed by atoms with van der Waals surface area (Å²) in [5, 5.41) is 12.1. The largest absolute Gasteiger partial charge is 0.321 e. The van der Waals surface area contributed by atoms with Gasteiger partial charge in [-0.15, -0.1) is 11.3 Å². The highest BCUT2D eigenvalue weighted by atomic mass is 79.9. The Balaban J connectivity index is 1.85. The number of benzene rings is 2. The average molecular weight is 506 g/mol. The van der Waals surface area contributed by atoms with Crippen LogP contribution in [0.2, 0.25) is 0 Å². The van der Waals surface area contributed by atoms with Gasteiger partial charge in [-0.2, -0.15) is 0 Å². The molecule has 2 aromatic carbocycles. The number of hydrogen-bond donors (Lipinski definition) is 3. The van der Waals surface area contributed by atoms with E-state index in [2.05, 4.69) is 26.6 Å². The molecule has 0 spiro atoms. The highest BCUT2D eigenvalue weighted by molar-refractivity contribution is 9.10. The third kappa shape index (κ3) is 5.86. The summed E-state index contributed by atoms with van der Waals surface area (Å²) in [7, 11) is -3.83. The van der Waals surface area contributed by atoms with E-state index in [9.17, 15) is 18.0 Å². The number of sulfonamides is 1. The number of rotatable bonds is 6. The lowest BCUT2D eigenvalue weighted by Crippen LogP contribution is -2.30. The van der Waals surface area contributed by atoms with E-state index in [4.69, 9.17) is 5.14 Å². The molecule has 0 saturated carbocycles. The first-order valence-corrected chi connectivity index (χ1v) is 11.7. The summed E-state index contributed by atoms with van der Waals surface area (Å²) in [6, 6.07) is 16.0. The zero-order valence-electron chi connectivity index (χ0n) is 15.3. The fourth-order valence-corrected chi connectivity index (χ4v) is 3.80. The molecule has 1 heterocycles. The lowest BCUT2D eigenvalue weighted by atomic mass is 10.2. The maximum Gasteiger partial charge on any atom is 0.272 e. The summed E-state index contributed by atoms with van der Waals surface area (Å²) in [6.45, 7) is 0. The average Bonchev–Trinajstić information content (AvgIpc) is 3.24. The first-order valence-electron chi connectivity index (χ1n) is 8.49. The van der Waals surface area contributed by atoms with Crippen molar-refractivity contribution >= 4 is 60.9 Å². The molecule has 10 heteroatoms.